The number of aromatic nitrogens is 1. The first kappa shape index (κ1) is 11.5. The molecular formula is C14H11ClN2S. The molecule has 2 N–H and O–H groups in total. The quantitative estimate of drug-likeness (QED) is 0.663. The number of aryl methyl sites for hydroxylation is 1. The van der Waals surface area contributed by atoms with E-state index in [2.05, 4.69) is 4.98 Å². The Morgan fingerprint density at radius 1 is 1.17 bits per heavy atom. The molecule has 3 rings (SSSR count). The van der Waals surface area contributed by atoms with E-state index in [1.54, 1.807) is 11.3 Å². The number of hydrogen-bond acceptors (Lipinski definition) is 3. The maximum absolute atomic E-state index is 5.98. The maximum atomic E-state index is 5.98. The Morgan fingerprint density at radius 3 is 2.78 bits per heavy atom. The summed E-state index contributed by atoms with van der Waals surface area (Å²) in [5, 5.41) is 1.71. The zero-order valence-electron chi connectivity index (χ0n) is 9.77. The summed E-state index contributed by atoms with van der Waals surface area (Å²) in [6, 6.07) is 11.8. The molecule has 2 aromatic carbocycles. The normalized spacial score (nSPS) is 11.0. The number of hydrogen-bond donors (Lipinski definition) is 1. The number of nitrogen functional groups attached to an aromatic ring is 1. The fraction of sp³-hybridized carbons (Fsp3) is 0.0714. The molecule has 0 bridgehead atoms. The fourth-order valence-corrected chi connectivity index (χ4v) is 3.03. The Labute approximate surface area is 114 Å². The molecule has 90 valence electrons. The molecule has 0 aliphatic carbocycles. The largest absolute Gasteiger partial charge is 0.398 e. The van der Waals surface area contributed by atoms with Crippen LogP contribution in [0.3, 0.4) is 0 Å². The average molecular weight is 275 g/mol. The first-order valence-electron chi connectivity index (χ1n) is 5.56. The Morgan fingerprint density at radius 2 is 2.00 bits per heavy atom. The number of fused-ring (bicyclic) bond motifs is 1. The van der Waals surface area contributed by atoms with Gasteiger partial charge in [-0.3, -0.25) is 0 Å². The van der Waals surface area contributed by atoms with Crippen molar-refractivity contribution in [2.45, 2.75) is 6.92 Å². The molecule has 0 unspecified atom stereocenters. The second kappa shape index (κ2) is 4.26. The number of nitrogens with zero attached hydrogens (tertiary/aromatic N) is 1. The summed E-state index contributed by atoms with van der Waals surface area (Å²) in [5.41, 5.74) is 9.84. The van der Waals surface area contributed by atoms with Crippen molar-refractivity contribution in [3.05, 3.63) is 47.0 Å². The Kier molecular flexibility index (Phi) is 2.73. The van der Waals surface area contributed by atoms with Gasteiger partial charge in [-0.2, -0.15) is 0 Å². The smallest absolute Gasteiger partial charge is 0.124 e. The van der Waals surface area contributed by atoms with Crippen molar-refractivity contribution in [2.24, 2.45) is 0 Å². The minimum atomic E-state index is 0.737. The van der Waals surface area contributed by atoms with Gasteiger partial charge >= 0.3 is 0 Å². The highest BCUT2D eigenvalue weighted by Gasteiger charge is 2.07. The van der Waals surface area contributed by atoms with Gasteiger partial charge in [-0.25, -0.2) is 4.98 Å². The predicted molar refractivity (Wildman–Crippen MR) is 79.2 cm³/mol. The summed E-state index contributed by atoms with van der Waals surface area (Å²) >= 11 is 7.61. The lowest BCUT2D eigenvalue weighted by Crippen LogP contribution is -1.89. The molecule has 18 heavy (non-hydrogen) atoms. The number of thiazole rings is 1. The van der Waals surface area contributed by atoms with Crippen LogP contribution in [-0.4, -0.2) is 4.98 Å². The van der Waals surface area contributed by atoms with Crippen molar-refractivity contribution in [2.75, 3.05) is 5.73 Å². The monoisotopic (exact) mass is 274 g/mol. The number of nitrogens with two attached hydrogens (primary N) is 1. The van der Waals surface area contributed by atoms with Crippen molar-refractivity contribution < 1.29 is 0 Å². The van der Waals surface area contributed by atoms with E-state index in [1.165, 1.54) is 0 Å². The fourth-order valence-electron chi connectivity index (χ4n) is 1.80. The highest BCUT2D eigenvalue weighted by atomic mass is 35.5. The number of anilines is 1. The minimum absolute atomic E-state index is 0.737. The lowest BCUT2D eigenvalue weighted by atomic mass is 10.1. The molecule has 0 saturated heterocycles. The van der Waals surface area contributed by atoms with Gasteiger partial charge in [0.25, 0.3) is 0 Å². The van der Waals surface area contributed by atoms with Crippen LogP contribution < -0.4 is 5.73 Å². The standard InChI is InChI=1S/C14H11ClN2S/c1-8-2-3-9(6-11(8)16)14-17-12-5-4-10(15)7-13(12)18-14/h2-7H,16H2,1H3. The molecule has 0 atom stereocenters. The molecule has 0 saturated carbocycles. The third-order valence-electron chi connectivity index (χ3n) is 2.88. The number of benzene rings is 2. The van der Waals surface area contributed by atoms with Gasteiger partial charge < -0.3 is 5.73 Å². The van der Waals surface area contributed by atoms with Gasteiger partial charge in [-0.15, -0.1) is 11.3 Å². The second-order valence-corrected chi connectivity index (χ2v) is 5.67. The topological polar surface area (TPSA) is 38.9 Å². The summed E-state index contributed by atoms with van der Waals surface area (Å²) in [7, 11) is 0. The molecule has 0 spiro atoms. The Balaban J connectivity index is 2.16. The van der Waals surface area contributed by atoms with Gasteiger partial charge in [0.05, 0.1) is 10.2 Å². The zero-order chi connectivity index (χ0) is 12.7. The van der Waals surface area contributed by atoms with Crippen LogP contribution in [-0.2, 0) is 0 Å². The number of halogens is 1. The van der Waals surface area contributed by atoms with Crippen molar-refractivity contribution in [1.82, 2.24) is 4.98 Å². The molecule has 0 amide bonds. The van der Waals surface area contributed by atoms with E-state index in [0.717, 1.165) is 37.1 Å². The molecule has 0 fully saturated rings. The van der Waals surface area contributed by atoms with Crippen LogP contribution in [0.2, 0.25) is 5.02 Å². The lowest BCUT2D eigenvalue weighted by Gasteiger charge is -2.01. The van der Waals surface area contributed by atoms with Crippen LogP contribution in [0.1, 0.15) is 5.56 Å². The van der Waals surface area contributed by atoms with Gasteiger partial charge in [-0.1, -0.05) is 23.7 Å². The van der Waals surface area contributed by atoms with Gasteiger partial charge in [0.15, 0.2) is 0 Å². The maximum Gasteiger partial charge on any atom is 0.124 e. The third-order valence-corrected chi connectivity index (χ3v) is 4.18. The molecule has 3 aromatic rings. The lowest BCUT2D eigenvalue weighted by molar-refractivity contribution is 1.44. The second-order valence-electron chi connectivity index (χ2n) is 4.20. The first-order valence-corrected chi connectivity index (χ1v) is 6.75. The van der Waals surface area contributed by atoms with Crippen LogP contribution in [0.25, 0.3) is 20.8 Å². The van der Waals surface area contributed by atoms with E-state index in [1.807, 2.05) is 43.3 Å². The van der Waals surface area contributed by atoms with Crippen LogP contribution in [0.4, 0.5) is 5.69 Å². The van der Waals surface area contributed by atoms with Crippen LogP contribution in [0, 0.1) is 6.92 Å². The molecule has 0 aliphatic rings. The van der Waals surface area contributed by atoms with Crippen LogP contribution in [0.5, 0.6) is 0 Å². The van der Waals surface area contributed by atoms with Gasteiger partial charge in [0.1, 0.15) is 5.01 Å². The van der Waals surface area contributed by atoms with E-state index >= 15 is 0 Å². The highest BCUT2D eigenvalue weighted by molar-refractivity contribution is 7.21. The summed E-state index contributed by atoms with van der Waals surface area (Å²) in [5.74, 6) is 0. The summed E-state index contributed by atoms with van der Waals surface area (Å²) < 4.78 is 1.09. The SMILES string of the molecule is Cc1ccc(-c2nc3ccc(Cl)cc3s2)cc1N. The van der Waals surface area contributed by atoms with E-state index < -0.39 is 0 Å². The first-order chi connectivity index (χ1) is 8.63. The van der Waals surface area contributed by atoms with E-state index in [4.69, 9.17) is 17.3 Å². The van der Waals surface area contributed by atoms with Crippen LogP contribution >= 0.6 is 22.9 Å². The third kappa shape index (κ3) is 1.96. The predicted octanol–water partition coefficient (Wildman–Crippen LogP) is 4.51. The van der Waals surface area contributed by atoms with Crippen LogP contribution in [0.15, 0.2) is 36.4 Å². The Bertz CT molecular complexity index is 734. The van der Waals surface area contributed by atoms with Crippen molar-refractivity contribution in [1.29, 1.82) is 0 Å². The number of rotatable bonds is 1. The van der Waals surface area contributed by atoms with E-state index in [9.17, 15) is 0 Å². The molecule has 2 nitrogen and oxygen atoms in total. The molecule has 1 heterocycles. The van der Waals surface area contributed by atoms with Crippen molar-refractivity contribution in [3.63, 3.8) is 0 Å². The van der Waals surface area contributed by atoms with E-state index in [0.29, 0.717) is 0 Å². The summed E-state index contributed by atoms with van der Waals surface area (Å²) in [6.07, 6.45) is 0. The summed E-state index contributed by atoms with van der Waals surface area (Å²) in [6.45, 7) is 2.00. The molecular weight excluding hydrogens is 264 g/mol. The van der Waals surface area contributed by atoms with Crippen molar-refractivity contribution in [3.8, 4) is 10.6 Å². The van der Waals surface area contributed by atoms with Gasteiger partial charge in [0.2, 0.25) is 0 Å². The van der Waals surface area contributed by atoms with E-state index in [-0.39, 0.29) is 0 Å². The zero-order valence-corrected chi connectivity index (χ0v) is 11.3. The highest BCUT2D eigenvalue weighted by Crippen LogP contribution is 2.32. The minimum Gasteiger partial charge on any atom is -0.398 e. The summed E-state index contributed by atoms with van der Waals surface area (Å²) in [4.78, 5) is 4.60. The molecule has 4 heteroatoms. The van der Waals surface area contributed by atoms with Gasteiger partial charge in [0, 0.05) is 16.3 Å². The average Bonchev–Trinajstić information content (AvgIpc) is 2.75. The van der Waals surface area contributed by atoms with Crippen molar-refractivity contribution >= 4 is 38.8 Å². The van der Waals surface area contributed by atoms with Gasteiger partial charge in [-0.05, 0) is 36.8 Å². The molecule has 0 aliphatic heterocycles. The Hall–Kier alpha value is -1.58. The molecule has 1 aromatic heterocycles. The molecule has 0 radical (unpaired) electrons.